The normalized spacial score (nSPS) is 11.3. The molecule has 0 atom stereocenters. The lowest BCUT2D eigenvalue weighted by Gasteiger charge is -2.13. The van der Waals surface area contributed by atoms with E-state index in [1.54, 1.807) is 31.2 Å². The molecule has 0 bridgehead atoms. The van der Waals surface area contributed by atoms with E-state index in [0.29, 0.717) is 16.9 Å². The van der Waals surface area contributed by atoms with Gasteiger partial charge in [0.05, 0.1) is 15.6 Å². The molecular formula is C13H13ClN2O2S. The van der Waals surface area contributed by atoms with Gasteiger partial charge >= 0.3 is 0 Å². The van der Waals surface area contributed by atoms with Gasteiger partial charge in [-0.2, -0.15) is 0 Å². The van der Waals surface area contributed by atoms with Crippen molar-refractivity contribution in [3.8, 4) is 0 Å². The second kappa shape index (κ2) is 5.11. The summed E-state index contributed by atoms with van der Waals surface area (Å²) in [6, 6.07) is 11.3. The molecule has 100 valence electrons. The number of sulfonamides is 1. The average molecular weight is 297 g/mol. The van der Waals surface area contributed by atoms with E-state index in [2.05, 4.69) is 4.72 Å². The standard InChI is InChI=1S/C13H13ClN2O2S/c1-9-7-10(15)8-12(14)13(9)16-19(17,18)11-5-3-2-4-6-11/h2-8,16H,15H2,1H3. The molecule has 0 fully saturated rings. The van der Waals surface area contributed by atoms with Crippen LogP contribution in [0.3, 0.4) is 0 Å². The molecule has 2 aromatic rings. The van der Waals surface area contributed by atoms with Crippen LogP contribution in [0.5, 0.6) is 0 Å². The van der Waals surface area contributed by atoms with Crippen molar-refractivity contribution in [1.29, 1.82) is 0 Å². The highest BCUT2D eigenvalue weighted by Crippen LogP contribution is 2.30. The molecule has 0 saturated heterocycles. The lowest BCUT2D eigenvalue weighted by molar-refractivity contribution is 0.601. The van der Waals surface area contributed by atoms with E-state index in [1.807, 2.05) is 0 Å². The van der Waals surface area contributed by atoms with Crippen LogP contribution in [0.15, 0.2) is 47.4 Å². The number of hydrogen-bond donors (Lipinski definition) is 2. The molecule has 2 rings (SSSR count). The molecule has 0 aromatic heterocycles. The molecule has 0 spiro atoms. The summed E-state index contributed by atoms with van der Waals surface area (Å²) in [6.45, 7) is 1.74. The number of rotatable bonds is 3. The van der Waals surface area contributed by atoms with E-state index >= 15 is 0 Å². The van der Waals surface area contributed by atoms with Gasteiger partial charge in [0, 0.05) is 5.69 Å². The third-order valence-electron chi connectivity index (χ3n) is 2.60. The first-order valence-electron chi connectivity index (χ1n) is 5.53. The van der Waals surface area contributed by atoms with E-state index in [1.165, 1.54) is 18.2 Å². The van der Waals surface area contributed by atoms with Crippen LogP contribution in [0.4, 0.5) is 11.4 Å². The van der Waals surface area contributed by atoms with E-state index in [4.69, 9.17) is 17.3 Å². The van der Waals surface area contributed by atoms with Gasteiger partial charge in [-0.05, 0) is 36.8 Å². The fourth-order valence-electron chi connectivity index (χ4n) is 1.69. The Hall–Kier alpha value is -1.72. The lowest BCUT2D eigenvalue weighted by Crippen LogP contribution is -2.14. The molecule has 0 unspecified atom stereocenters. The summed E-state index contributed by atoms with van der Waals surface area (Å²) in [7, 11) is -3.65. The first-order chi connectivity index (χ1) is 8.90. The fraction of sp³-hybridized carbons (Fsp3) is 0.0769. The van der Waals surface area contributed by atoms with Gasteiger partial charge in [-0.1, -0.05) is 29.8 Å². The molecular weight excluding hydrogens is 284 g/mol. The molecule has 6 heteroatoms. The summed E-state index contributed by atoms with van der Waals surface area (Å²) in [5.41, 5.74) is 7.15. The Labute approximate surface area is 117 Å². The van der Waals surface area contributed by atoms with Crippen molar-refractivity contribution in [3.05, 3.63) is 53.1 Å². The number of nitrogens with two attached hydrogens (primary N) is 1. The van der Waals surface area contributed by atoms with Crippen LogP contribution in [-0.4, -0.2) is 8.42 Å². The van der Waals surface area contributed by atoms with Gasteiger partial charge < -0.3 is 5.73 Å². The molecule has 0 aliphatic carbocycles. The number of nitrogen functional groups attached to an aromatic ring is 1. The molecule has 0 aliphatic rings. The van der Waals surface area contributed by atoms with Gasteiger partial charge in [0.1, 0.15) is 0 Å². The number of anilines is 2. The van der Waals surface area contributed by atoms with Gasteiger partial charge in [0.25, 0.3) is 10.0 Å². The SMILES string of the molecule is Cc1cc(N)cc(Cl)c1NS(=O)(=O)c1ccccc1. The monoisotopic (exact) mass is 296 g/mol. The summed E-state index contributed by atoms with van der Waals surface area (Å²) >= 11 is 6.02. The minimum absolute atomic E-state index is 0.183. The number of nitrogens with one attached hydrogen (secondary N) is 1. The van der Waals surface area contributed by atoms with Crippen molar-refractivity contribution in [2.75, 3.05) is 10.5 Å². The van der Waals surface area contributed by atoms with E-state index in [0.717, 1.165) is 0 Å². The molecule has 0 radical (unpaired) electrons. The average Bonchev–Trinajstić information content (AvgIpc) is 2.35. The fourth-order valence-corrected chi connectivity index (χ4v) is 3.24. The first kappa shape index (κ1) is 13.7. The first-order valence-corrected chi connectivity index (χ1v) is 7.40. The maximum atomic E-state index is 12.2. The van der Waals surface area contributed by atoms with Crippen molar-refractivity contribution in [3.63, 3.8) is 0 Å². The predicted octanol–water partition coefficient (Wildman–Crippen LogP) is 3.03. The minimum atomic E-state index is -3.65. The van der Waals surface area contributed by atoms with Crippen LogP contribution >= 0.6 is 11.6 Å². The van der Waals surface area contributed by atoms with Crippen molar-refractivity contribution in [2.45, 2.75) is 11.8 Å². The molecule has 0 amide bonds. The Morgan fingerprint density at radius 3 is 2.37 bits per heavy atom. The Balaban J connectivity index is 2.42. The minimum Gasteiger partial charge on any atom is -0.399 e. The third kappa shape index (κ3) is 3.00. The number of aryl methyl sites for hydroxylation is 1. The maximum Gasteiger partial charge on any atom is 0.261 e. The van der Waals surface area contributed by atoms with E-state index in [-0.39, 0.29) is 9.92 Å². The summed E-state index contributed by atoms with van der Waals surface area (Å²) < 4.78 is 26.9. The third-order valence-corrected chi connectivity index (χ3v) is 4.26. The summed E-state index contributed by atoms with van der Waals surface area (Å²) in [5.74, 6) is 0. The summed E-state index contributed by atoms with van der Waals surface area (Å²) in [6.07, 6.45) is 0. The quantitative estimate of drug-likeness (QED) is 0.855. The lowest BCUT2D eigenvalue weighted by atomic mass is 10.2. The number of hydrogen-bond acceptors (Lipinski definition) is 3. The smallest absolute Gasteiger partial charge is 0.261 e. The molecule has 3 N–H and O–H groups in total. The summed E-state index contributed by atoms with van der Waals surface area (Å²) in [4.78, 5) is 0.183. The highest BCUT2D eigenvalue weighted by Gasteiger charge is 2.16. The second-order valence-electron chi connectivity index (χ2n) is 4.11. The summed E-state index contributed by atoms with van der Waals surface area (Å²) in [5, 5.41) is 0.275. The molecule has 19 heavy (non-hydrogen) atoms. The van der Waals surface area contributed by atoms with Crippen LogP contribution in [0.2, 0.25) is 5.02 Å². The van der Waals surface area contributed by atoms with Gasteiger partial charge in [-0.25, -0.2) is 8.42 Å². The zero-order chi connectivity index (χ0) is 14.0. The van der Waals surface area contributed by atoms with Crippen molar-refractivity contribution in [1.82, 2.24) is 0 Å². The van der Waals surface area contributed by atoms with Crippen molar-refractivity contribution < 1.29 is 8.42 Å². The maximum absolute atomic E-state index is 12.2. The highest BCUT2D eigenvalue weighted by atomic mass is 35.5. The number of halogens is 1. The Morgan fingerprint density at radius 1 is 1.16 bits per heavy atom. The van der Waals surface area contributed by atoms with Gasteiger partial charge in [-0.15, -0.1) is 0 Å². The predicted molar refractivity (Wildman–Crippen MR) is 77.9 cm³/mol. The number of benzene rings is 2. The molecule has 0 saturated carbocycles. The van der Waals surface area contributed by atoms with Crippen molar-refractivity contribution >= 4 is 33.0 Å². The second-order valence-corrected chi connectivity index (χ2v) is 6.20. The molecule has 0 aliphatic heterocycles. The molecule has 4 nitrogen and oxygen atoms in total. The molecule has 2 aromatic carbocycles. The van der Waals surface area contributed by atoms with Gasteiger partial charge in [-0.3, -0.25) is 4.72 Å². The zero-order valence-corrected chi connectivity index (χ0v) is 11.8. The molecule has 0 heterocycles. The van der Waals surface area contributed by atoms with E-state index < -0.39 is 10.0 Å². The highest BCUT2D eigenvalue weighted by molar-refractivity contribution is 7.92. The van der Waals surface area contributed by atoms with Crippen LogP contribution in [-0.2, 0) is 10.0 Å². The van der Waals surface area contributed by atoms with Crippen LogP contribution in [0, 0.1) is 6.92 Å². The zero-order valence-electron chi connectivity index (χ0n) is 10.2. The van der Waals surface area contributed by atoms with Crippen LogP contribution < -0.4 is 10.5 Å². The van der Waals surface area contributed by atoms with E-state index in [9.17, 15) is 8.42 Å². The Kier molecular flexibility index (Phi) is 3.68. The van der Waals surface area contributed by atoms with Crippen LogP contribution in [0.25, 0.3) is 0 Å². The van der Waals surface area contributed by atoms with Gasteiger partial charge in [0.15, 0.2) is 0 Å². The van der Waals surface area contributed by atoms with Gasteiger partial charge in [0.2, 0.25) is 0 Å². The van der Waals surface area contributed by atoms with Crippen molar-refractivity contribution in [2.24, 2.45) is 0 Å². The largest absolute Gasteiger partial charge is 0.399 e. The topological polar surface area (TPSA) is 72.2 Å². The Bertz CT molecular complexity index is 677. The Morgan fingerprint density at radius 2 is 1.79 bits per heavy atom. The van der Waals surface area contributed by atoms with Crippen LogP contribution in [0.1, 0.15) is 5.56 Å².